The van der Waals surface area contributed by atoms with Gasteiger partial charge in [-0.15, -0.1) is 0 Å². The molecule has 0 atom stereocenters. The standard InChI is InChI=1S/C10H10N4O/c1-14-7-8(5-13-14)4-10(15)9-2-3-11-12-6-9/h2-3,5-7H,4H2,1H3. The molecule has 5 nitrogen and oxygen atoms in total. The summed E-state index contributed by atoms with van der Waals surface area (Å²) in [6.45, 7) is 0. The Morgan fingerprint density at radius 2 is 2.27 bits per heavy atom. The van der Waals surface area contributed by atoms with Crippen LogP contribution in [0.2, 0.25) is 0 Å². The first-order chi connectivity index (χ1) is 7.25. The van der Waals surface area contributed by atoms with Crippen molar-refractivity contribution in [3.8, 4) is 0 Å². The number of hydrogen-bond donors (Lipinski definition) is 0. The maximum atomic E-state index is 11.7. The SMILES string of the molecule is Cn1cc(CC(=O)c2ccnnc2)cn1. The van der Waals surface area contributed by atoms with Gasteiger partial charge in [-0.1, -0.05) is 0 Å². The smallest absolute Gasteiger partial charge is 0.169 e. The summed E-state index contributed by atoms with van der Waals surface area (Å²) in [5.74, 6) is 0.0258. The number of carbonyl (C=O) groups excluding carboxylic acids is 1. The molecule has 2 heterocycles. The van der Waals surface area contributed by atoms with Crippen LogP contribution < -0.4 is 0 Å². The van der Waals surface area contributed by atoms with Crippen molar-refractivity contribution in [3.63, 3.8) is 0 Å². The van der Waals surface area contributed by atoms with Gasteiger partial charge in [-0.3, -0.25) is 9.48 Å². The van der Waals surface area contributed by atoms with Crippen LogP contribution in [0.4, 0.5) is 0 Å². The Morgan fingerprint density at radius 1 is 1.40 bits per heavy atom. The second-order valence-electron chi connectivity index (χ2n) is 3.25. The lowest BCUT2D eigenvalue weighted by Gasteiger charge is -1.96. The van der Waals surface area contributed by atoms with Crippen molar-refractivity contribution in [1.29, 1.82) is 0 Å². The predicted octanol–water partition coefficient (Wildman–Crippen LogP) is 0.635. The van der Waals surface area contributed by atoms with E-state index in [2.05, 4.69) is 15.3 Å². The fourth-order valence-electron chi connectivity index (χ4n) is 1.31. The summed E-state index contributed by atoms with van der Waals surface area (Å²) < 4.78 is 1.67. The summed E-state index contributed by atoms with van der Waals surface area (Å²) in [4.78, 5) is 11.7. The van der Waals surface area contributed by atoms with Gasteiger partial charge in [-0.25, -0.2) is 0 Å². The highest BCUT2D eigenvalue weighted by Crippen LogP contribution is 2.04. The van der Waals surface area contributed by atoms with E-state index in [1.165, 1.54) is 12.4 Å². The molecule has 0 aromatic carbocycles. The van der Waals surface area contributed by atoms with Crippen molar-refractivity contribution in [2.75, 3.05) is 0 Å². The summed E-state index contributed by atoms with van der Waals surface area (Å²) in [6, 6.07) is 1.66. The lowest BCUT2D eigenvalue weighted by Crippen LogP contribution is -2.03. The number of aromatic nitrogens is 4. The van der Waals surface area contributed by atoms with Crippen LogP contribution in [0.5, 0.6) is 0 Å². The molecule has 0 fully saturated rings. The Balaban J connectivity index is 2.11. The van der Waals surface area contributed by atoms with Crippen LogP contribution in [-0.2, 0) is 13.5 Å². The van der Waals surface area contributed by atoms with E-state index in [-0.39, 0.29) is 5.78 Å². The summed E-state index contributed by atoms with van der Waals surface area (Å²) in [5, 5.41) is 11.3. The van der Waals surface area contributed by atoms with E-state index in [1.807, 2.05) is 13.2 Å². The van der Waals surface area contributed by atoms with Gasteiger partial charge in [-0.05, 0) is 11.6 Å². The van der Waals surface area contributed by atoms with Crippen LogP contribution in [0.1, 0.15) is 15.9 Å². The van der Waals surface area contributed by atoms with E-state index in [0.717, 1.165) is 5.56 Å². The zero-order valence-electron chi connectivity index (χ0n) is 8.29. The van der Waals surface area contributed by atoms with Gasteiger partial charge in [0, 0.05) is 25.2 Å². The third kappa shape index (κ3) is 2.25. The second-order valence-corrected chi connectivity index (χ2v) is 3.25. The van der Waals surface area contributed by atoms with Crippen molar-refractivity contribution in [1.82, 2.24) is 20.0 Å². The Labute approximate surface area is 86.8 Å². The van der Waals surface area contributed by atoms with E-state index < -0.39 is 0 Å². The minimum Gasteiger partial charge on any atom is -0.294 e. The Bertz CT molecular complexity index is 463. The molecule has 2 aromatic heterocycles. The largest absolute Gasteiger partial charge is 0.294 e. The summed E-state index contributed by atoms with van der Waals surface area (Å²) in [7, 11) is 1.82. The van der Waals surface area contributed by atoms with Crippen molar-refractivity contribution >= 4 is 5.78 Å². The number of rotatable bonds is 3. The molecule has 0 aliphatic carbocycles. The molecule has 2 aromatic rings. The summed E-state index contributed by atoms with van der Waals surface area (Å²) in [5.41, 5.74) is 1.48. The van der Waals surface area contributed by atoms with Crippen molar-refractivity contribution < 1.29 is 4.79 Å². The molecule has 0 saturated carbocycles. The monoisotopic (exact) mass is 202 g/mol. The molecule has 0 saturated heterocycles. The maximum absolute atomic E-state index is 11.7. The minimum absolute atomic E-state index is 0.0258. The molecule has 0 bridgehead atoms. The quantitative estimate of drug-likeness (QED) is 0.685. The van der Waals surface area contributed by atoms with Gasteiger partial charge in [0.2, 0.25) is 0 Å². The van der Waals surface area contributed by atoms with Crippen LogP contribution in [0.3, 0.4) is 0 Å². The van der Waals surface area contributed by atoms with E-state index >= 15 is 0 Å². The van der Waals surface area contributed by atoms with E-state index in [1.54, 1.807) is 16.9 Å². The number of aryl methyl sites for hydroxylation is 1. The van der Waals surface area contributed by atoms with Crippen LogP contribution >= 0.6 is 0 Å². The highest BCUT2D eigenvalue weighted by Gasteiger charge is 2.07. The predicted molar refractivity (Wildman–Crippen MR) is 53.3 cm³/mol. The molecule has 2 rings (SSSR count). The van der Waals surface area contributed by atoms with Crippen LogP contribution in [0.25, 0.3) is 0 Å². The average Bonchev–Trinajstić information content (AvgIpc) is 2.65. The Kier molecular flexibility index (Phi) is 2.53. The molecule has 0 amide bonds. The van der Waals surface area contributed by atoms with E-state index in [0.29, 0.717) is 12.0 Å². The molecule has 0 radical (unpaired) electrons. The van der Waals surface area contributed by atoms with Crippen LogP contribution in [-0.4, -0.2) is 25.8 Å². The highest BCUT2D eigenvalue weighted by atomic mass is 16.1. The molecule has 0 spiro atoms. The van der Waals surface area contributed by atoms with Gasteiger partial charge in [0.1, 0.15) is 0 Å². The summed E-state index contributed by atoms with van der Waals surface area (Å²) >= 11 is 0. The molecule has 15 heavy (non-hydrogen) atoms. The van der Waals surface area contributed by atoms with Gasteiger partial charge in [0.05, 0.1) is 18.6 Å². The normalized spacial score (nSPS) is 10.2. The third-order valence-corrected chi connectivity index (χ3v) is 2.03. The molecule has 0 aliphatic rings. The fraction of sp³-hybridized carbons (Fsp3) is 0.200. The molecule has 0 N–H and O–H groups in total. The molecule has 76 valence electrons. The van der Waals surface area contributed by atoms with Gasteiger partial charge in [0.25, 0.3) is 0 Å². The number of nitrogens with zero attached hydrogens (tertiary/aromatic N) is 4. The van der Waals surface area contributed by atoms with Gasteiger partial charge < -0.3 is 0 Å². The van der Waals surface area contributed by atoms with Crippen LogP contribution in [0, 0.1) is 0 Å². The fourth-order valence-corrected chi connectivity index (χ4v) is 1.31. The van der Waals surface area contributed by atoms with Crippen molar-refractivity contribution in [3.05, 3.63) is 42.0 Å². The van der Waals surface area contributed by atoms with E-state index in [4.69, 9.17) is 0 Å². The molecular weight excluding hydrogens is 192 g/mol. The second kappa shape index (κ2) is 4.00. The highest BCUT2D eigenvalue weighted by molar-refractivity contribution is 5.97. The molecular formula is C10H10N4O. The minimum atomic E-state index is 0.0258. The molecule has 5 heteroatoms. The van der Waals surface area contributed by atoms with Crippen molar-refractivity contribution in [2.45, 2.75) is 6.42 Å². The number of ketones is 1. The Morgan fingerprint density at radius 3 is 2.87 bits per heavy atom. The number of hydrogen-bond acceptors (Lipinski definition) is 4. The maximum Gasteiger partial charge on any atom is 0.169 e. The van der Waals surface area contributed by atoms with Gasteiger partial charge in [-0.2, -0.15) is 15.3 Å². The lowest BCUT2D eigenvalue weighted by atomic mass is 10.1. The van der Waals surface area contributed by atoms with Crippen LogP contribution in [0.15, 0.2) is 30.9 Å². The first-order valence-corrected chi connectivity index (χ1v) is 4.53. The number of Topliss-reactive ketones (excluding diaryl/α,β-unsaturated/α-hetero) is 1. The van der Waals surface area contributed by atoms with Crippen molar-refractivity contribution in [2.24, 2.45) is 7.05 Å². The lowest BCUT2D eigenvalue weighted by molar-refractivity contribution is 0.0992. The third-order valence-electron chi connectivity index (χ3n) is 2.03. The Hall–Kier alpha value is -2.04. The molecule has 0 aliphatic heterocycles. The summed E-state index contributed by atoms with van der Waals surface area (Å²) in [6.07, 6.45) is 6.84. The number of carbonyl (C=O) groups is 1. The topological polar surface area (TPSA) is 60.7 Å². The zero-order valence-corrected chi connectivity index (χ0v) is 8.29. The van der Waals surface area contributed by atoms with Gasteiger partial charge in [0.15, 0.2) is 5.78 Å². The first kappa shape index (κ1) is 9.51. The van der Waals surface area contributed by atoms with E-state index in [9.17, 15) is 4.79 Å². The average molecular weight is 202 g/mol. The first-order valence-electron chi connectivity index (χ1n) is 4.53. The van der Waals surface area contributed by atoms with Gasteiger partial charge >= 0.3 is 0 Å². The zero-order chi connectivity index (χ0) is 10.7. The molecule has 0 unspecified atom stereocenters.